The van der Waals surface area contributed by atoms with E-state index in [9.17, 15) is 26.3 Å². The number of hydrogen-bond donors (Lipinski definition) is 0. The molecule has 0 fully saturated rings. The van der Waals surface area contributed by atoms with E-state index in [2.05, 4.69) is 10.0 Å². The first kappa shape index (κ1) is 23.2. The van der Waals surface area contributed by atoms with Gasteiger partial charge in [0.05, 0.1) is 5.56 Å². The number of aryl methyl sites for hydroxylation is 1. The standard InChI is InChI=1S/C13H10F3N4.CHF3O3S/c1-20-6-2-3-9(8-20)11-5-4-10(13(14,15)16)7-12(11)18-19-17;2-1(3,4)8(5,6)7/h2-8H,1H3;(H,5,6,7)/q+1;/p-1. The zero-order chi connectivity index (χ0) is 21.8. The van der Waals surface area contributed by atoms with E-state index in [0.717, 1.165) is 12.1 Å². The number of halogens is 6. The highest BCUT2D eigenvalue weighted by Gasteiger charge is 2.37. The van der Waals surface area contributed by atoms with Gasteiger partial charge in [-0.2, -0.15) is 26.3 Å². The molecule has 1 aromatic carbocycles. The summed E-state index contributed by atoms with van der Waals surface area (Å²) in [5, 5.41) is 3.36. The largest absolute Gasteiger partial charge is 0.741 e. The van der Waals surface area contributed by atoms with Crippen molar-refractivity contribution in [2.75, 3.05) is 0 Å². The summed E-state index contributed by atoms with van der Waals surface area (Å²) in [6, 6.07) is 6.62. The van der Waals surface area contributed by atoms with Gasteiger partial charge in [-0.05, 0) is 29.3 Å². The maximum Gasteiger partial charge on any atom is 0.485 e. The van der Waals surface area contributed by atoms with Gasteiger partial charge in [0.15, 0.2) is 22.5 Å². The van der Waals surface area contributed by atoms with E-state index in [1.54, 1.807) is 36.1 Å². The topological polar surface area (TPSA) is 110 Å². The molecule has 152 valence electrons. The fraction of sp³-hybridized carbons (Fsp3) is 0.214. The molecule has 2 rings (SSSR count). The number of alkyl halides is 6. The van der Waals surface area contributed by atoms with Gasteiger partial charge < -0.3 is 4.55 Å². The van der Waals surface area contributed by atoms with Gasteiger partial charge in [0, 0.05) is 22.2 Å². The minimum atomic E-state index is -6.09. The summed E-state index contributed by atoms with van der Waals surface area (Å²) >= 11 is 0. The van der Waals surface area contributed by atoms with Crippen LogP contribution in [0, 0.1) is 0 Å². The van der Waals surface area contributed by atoms with E-state index < -0.39 is 27.4 Å². The Bertz CT molecular complexity index is 999. The van der Waals surface area contributed by atoms with Crippen LogP contribution in [-0.2, 0) is 23.3 Å². The normalized spacial score (nSPS) is 11.9. The maximum absolute atomic E-state index is 12.7. The Morgan fingerprint density at radius 3 is 2.14 bits per heavy atom. The second kappa shape index (κ2) is 8.46. The number of hydrogen-bond acceptors (Lipinski definition) is 4. The molecule has 0 saturated heterocycles. The van der Waals surface area contributed by atoms with Crippen LogP contribution >= 0.6 is 0 Å². The molecule has 0 saturated carbocycles. The van der Waals surface area contributed by atoms with Crippen molar-refractivity contribution < 1.29 is 43.9 Å². The summed E-state index contributed by atoms with van der Waals surface area (Å²) in [4.78, 5) is 2.59. The molecule has 0 amide bonds. The molecule has 0 unspecified atom stereocenters. The molecule has 7 nitrogen and oxygen atoms in total. The van der Waals surface area contributed by atoms with Crippen molar-refractivity contribution in [3.8, 4) is 11.1 Å². The van der Waals surface area contributed by atoms with Crippen LogP contribution in [0.15, 0.2) is 47.8 Å². The fourth-order valence-corrected chi connectivity index (χ4v) is 1.83. The lowest BCUT2D eigenvalue weighted by Gasteiger charge is -2.10. The quantitative estimate of drug-likeness (QED) is 0.136. The Balaban J connectivity index is 0.000000416. The molecule has 0 radical (unpaired) electrons. The van der Waals surface area contributed by atoms with Gasteiger partial charge in [0.25, 0.3) is 0 Å². The molecule has 0 spiro atoms. The van der Waals surface area contributed by atoms with Crippen LogP contribution in [0.5, 0.6) is 0 Å². The molecule has 2 aromatic rings. The summed E-state index contributed by atoms with van der Waals surface area (Å²) in [7, 11) is -4.30. The van der Waals surface area contributed by atoms with Crippen molar-refractivity contribution in [3.05, 3.63) is 58.7 Å². The van der Waals surface area contributed by atoms with Gasteiger partial charge in [-0.3, -0.25) is 0 Å². The monoisotopic (exact) mass is 428 g/mol. The molecule has 1 aromatic heterocycles. The Hall–Kier alpha value is -2.83. The zero-order valence-corrected chi connectivity index (χ0v) is 14.5. The molecule has 0 atom stereocenters. The van der Waals surface area contributed by atoms with Crippen molar-refractivity contribution in [2.45, 2.75) is 11.7 Å². The third kappa shape index (κ3) is 6.40. The summed E-state index contributed by atoms with van der Waals surface area (Å²) < 4.78 is 98.7. The van der Waals surface area contributed by atoms with Gasteiger partial charge in [0.2, 0.25) is 0 Å². The molecule has 1 heterocycles. The predicted molar refractivity (Wildman–Crippen MR) is 82.6 cm³/mol. The van der Waals surface area contributed by atoms with Gasteiger partial charge in [-0.15, -0.1) is 0 Å². The SMILES string of the molecule is C[n+]1cccc(-c2ccc(C(F)(F)F)cc2N=[N+]=[N-])c1.O=S(=O)([O-])C(F)(F)F. The lowest BCUT2D eigenvalue weighted by molar-refractivity contribution is -0.671. The van der Waals surface area contributed by atoms with Gasteiger partial charge in [-0.25, -0.2) is 13.0 Å². The molecule has 0 aliphatic heterocycles. The molecular weight excluding hydrogens is 418 g/mol. The number of rotatable bonds is 2. The highest BCUT2D eigenvalue weighted by atomic mass is 32.2. The molecule has 28 heavy (non-hydrogen) atoms. The van der Waals surface area contributed by atoms with Crippen molar-refractivity contribution >= 4 is 15.8 Å². The van der Waals surface area contributed by atoms with Crippen molar-refractivity contribution in [1.29, 1.82) is 0 Å². The zero-order valence-electron chi connectivity index (χ0n) is 13.7. The van der Waals surface area contributed by atoms with Crippen LogP contribution in [0.2, 0.25) is 0 Å². The summed E-state index contributed by atoms with van der Waals surface area (Å²) in [5.41, 5.74) is 3.10. The number of nitrogens with zero attached hydrogens (tertiary/aromatic N) is 4. The minimum Gasteiger partial charge on any atom is -0.741 e. The number of pyridine rings is 1. The summed E-state index contributed by atoms with van der Waals surface area (Å²) in [5.74, 6) is 0. The number of aromatic nitrogens is 1. The molecular formula is C14H10F6N4O3S. The van der Waals surface area contributed by atoms with E-state index in [1.165, 1.54) is 6.07 Å². The molecule has 14 heteroatoms. The maximum atomic E-state index is 12.7. The first-order valence-electron chi connectivity index (χ1n) is 6.91. The van der Waals surface area contributed by atoms with Crippen molar-refractivity contribution in [2.24, 2.45) is 12.2 Å². The van der Waals surface area contributed by atoms with Crippen LogP contribution in [0.25, 0.3) is 21.6 Å². The van der Waals surface area contributed by atoms with E-state index >= 15 is 0 Å². The third-order valence-corrected chi connectivity index (χ3v) is 3.58. The van der Waals surface area contributed by atoms with E-state index in [4.69, 9.17) is 18.5 Å². The van der Waals surface area contributed by atoms with Crippen molar-refractivity contribution in [1.82, 2.24) is 0 Å². The van der Waals surface area contributed by atoms with E-state index in [-0.39, 0.29) is 5.69 Å². The smallest absolute Gasteiger partial charge is 0.485 e. The number of azide groups is 1. The predicted octanol–water partition coefficient (Wildman–Crippen LogP) is 4.19. The summed E-state index contributed by atoms with van der Waals surface area (Å²) in [6.07, 6.45) is -0.945. The average molecular weight is 428 g/mol. The van der Waals surface area contributed by atoms with Crippen molar-refractivity contribution in [3.63, 3.8) is 0 Å². The number of benzene rings is 1. The van der Waals surface area contributed by atoms with Gasteiger partial charge in [0.1, 0.15) is 7.05 Å². The first-order chi connectivity index (χ1) is 12.7. The van der Waals surface area contributed by atoms with Gasteiger partial charge in [-0.1, -0.05) is 11.2 Å². The van der Waals surface area contributed by atoms with Crippen LogP contribution in [0.3, 0.4) is 0 Å². The van der Waals surface area contributed by atoms with E-state index in [1.807, 2.05) is 0 Å². The second-order valence-corrected chi connectivity index (χ2v) is 6.45. The Kier molecular flexibility index (Phi) is 7.01. The highest BCUT2D eigenvalue weighted by Crippen LogP contribution is 2.37. The van der Waals surface area contributed by atoms with Crippen LogP contribution in [0.1, 0.15) is 5.56 Å². The average Bonchev–Trinajstić information content (AvgIpc) is 2.53. The molecule has 0 N–H and O–H groups in total. The second-order valence-electron chi connectivity index (χ2n) is 5.08. The third-order valence-electron chi connectivity index (χ3n) is 3.01. The lowest BCUT2D eigenvalue weighted by Crippen LogP contribution is -2.26. The Labute approximate surface area is 154 Å². The van der Waals surface area contributed by atoms with Crippen LogP contribution in [0.4, 0.5) is 32.0 Å². The Morgan fingerprint density at radius 1 is 1.14 bits per heavy atom. The lowest BCUT2D eigenvalue weighted by atomic mass is 10.0. The Morgan fingerprint density at radius 2 is 1.71 bits per heavy atom. The molecule has 0 aliphatic carbocycles. The summed E-state index contributed by atoms with van der Waals surface area (Å²) in [6.45, 7) is 0. The molecule has 0 bridgehead atoms. The highest BCUT2D eigenvalue weighted by molar-refractivity contribution is 7.86. The first-order valence-corrected chi connectivity index (χ1v) is 8.32. The molecule has 0 aliphatic rings. The fourth-order valence-electron chi connectivity index (χ4n) is 1.83. The van der Waals surface area contributed by atoms with Crippen LogP contribution < -0.4 is 4.57 Å². The minimum absolute atomic E-state index is 0.0477. The van der Waals surface area contributed by atoms with E-state index in [0.29, 0.717) is 11.1 Å². The van der Waals surface area contributed by atoms with Crippen LogP contribution in [-0.4, -0.2) is 18.5 Å². The van der Waals surface area contributed by atoms with Gasteiger partial charge >= 0.3 is 11.7 Å².